The number of hydrogen-bond acceptors (Lipinski definition) is 6. The Morgan fingerprint density at radius 1 is 1.16 bits per heavy atom. The lowest BCUT2D eigenvalue weighted by Crippen LogP contribution is -3.17. The minimum atomic E-state index is -3.69. The topological polar surface area (TPSA) is 86.6 Å². The molecule has 10 heteroatoms. The molecule has 1 aliphatic rings. The van der Waals surface area contributed by atoms with Gasteiger partial charge >= 0.3 is 6.09 Å². The normalized spacial score (nSPS) is 16.6. The van der Waals surface area contributed by atoms with Crippen molar-refractivity contribution in [3.8, 4) is 0 Å². The Kier molecular flexibility index (Phi) is 11.1. The fourth-order valence-corrected chi connectivity index (χ4v) is 4.66. The van der Waals surface area contributed by atoms with Gasteiger partial charge in [-0.15, -0.1) is 0 Å². The van der Waals surface area contributed by atoms with E-state index in [9.17, 15) is 13.2 Å². The number of amides is 1. The summed E-state index contributed by atoms with van der Waals surface area (Å²) in [5.41, 5.74) is 0.238. The molecule has 1 N–H and O–H groups in total. The van der Waals surface area contributed by atoms with Crippen molar-refractivity contribution in [2.24, 2.45) is 0 Å². The van der Waals surface area contributed by atoms with Crippen LogP contribution >= 0.6 is 0 Å². The maximum Gasteiger partial charge on any atom is 0.514 e. The zero-order valence-corrected chi connectivity index (χ0v) is 20.2. The van der Waals surface area contributed by atoms with Crippen molar-refractivity contribution in [2.75, 3.05) is 46.7 Å². The van der Waals surface area contributed by atoms with E-state index in [1.54, 1.807) is 6.08 Å². The van der Waals surface area contributed by atoms with Crippen molar-refractivity contribution in [1.82, 2.24) is 4.31 Å². The average molecular weight is 477 g/mol. The molecule has 31 heavy (non-hydrogen) atoms. The Bertz CT molecular complexity index is 816. The van der Waals surface area contributed by atoms with Gasteiger partial charge in [-0.05, 0) is 32.4 Å². The fraction of sp³-hybridized carbons (Fsp3) is 0.571. The number of quaternary nitrogens is 1. The molecular formula is C21H33ClN2O6S. The van der Waals surface area contributed by atoms with Crippen LogP contribution in [0.3, 0.4) is 0 Å². The number of methoxy groups -OCH3 is 1. The van der Waals surface area contributed by atoms with Crippen LogP contribution in [0.25, 0.3) is 6.08 Å². The maximum absolute atomic E-state index is 13.3. The van der Waals surface area contributed by atoms with Gasteiger partial charge in [-0.25, -0.2) is 13.3 Å². The van der Waals surface area contributed by atoms with Gasteiger partial charge in [-0.1, -0.05) is 30.3 Å². The summed E-state index contributed by atoms with van der Waals surface area (Å²) in [5.74, 6) is 0. The monoisotopic (exact) mass is 476 g/mol. The Morgan fingerprint density at radius 2 is 1.77 bits per heavy atom. The number of benzene rings is 1. The van der Waals surface area contributed by atoms with Crippen LogP contribution in [0.15, 0.2) is 35.2 Å². The van der Waals surface area contributed by atoms with Crippen LogP contribution in [-0.2, 0) is 24.2 Å². The Labute approximate surface area is 191 Å². The van der Waals surface area contributed by atoms with Gasteiger partial charge in [0.25, 0.3) is 0 Å². The van der Waals surface area contributed by atoms with E-state index >= 15 is 0 Å². The third kappa shape index (κ3) is 8.88. The standard InChI is InChI=1S/C21H32N2O6S.ClH/c1-21(2,3)29-20(24)22-11-13-23(14-12-22)30(25,26)19(10-15-28-17-27-4)16-18-8-6-5-7-9-18;/h5-9,16H,10-15,17H2,1-4H3;1H/b19-16+;. The zero-order valence-electron chi connectivity index (χ0n) is 18.6. The van der Waals surface area contributed by atoms with E-state index in [-0.39, 0.29) is 56.3 Å². The van der Waals surface area contributed by atoms with Crippen LogP contribution in [0, 0.1) is 0 Å². The first-order valence-electron chi connectivity index (χ1n) is 10.0. The number of rotatable bonds is 8. The molecule has 0 aliphatic carbocycles. The molecule has 1 saturated heterocycles. The Balaban J connectivity index is 0.00000480. The second kappa shape index (κ2) is 12.5. The number of sulfonamides is 1. The summed E-state index contributed by atoms with van der Waals surface area (Å²) >= 11 is 0. The largest absolute Gasteiger partial charge is 1.00 e. The van der Waals surface area contributed by atoms with Gasteiger partial charge in [0.15, 0.2) is 0 Å². The zero-order chi connectivity index (χ0) is 22.2. The van der Waals surface area contributed by atoms with Crippen molar-refractivity contribution >= 4 is 22.2 Å². The number of nitrogens with one attached hydrogen (secondary N) is 1. The van der Waals surface area contributed by atoms with Gasteiger partial charge in [0.1, 0.15) is 25.5 Å². The molecule has 1 aliphatic heterocycles. The first kappa shape index (κ1) is 27.5. The SMILES string of the molecule is COCOCC/C(=C\c1ccccc1)S(=O)(=O)N1CC[NH+](C(=O)OC(C)(C)C)CC1.[Cl-]. The van der Waals surface area contributed by atoms with Gasteiger partial charge < -0.3 is 26.6 Å². The van der Waals surface area contributed by atoms with Gasteiger partial charge in [-0.3, -0.25) is 0 Å². The lowest BCUT2D eigenvalue weighted by molar-refractivity contribution is -0.829. The molecule has 0 atom stereocenters. The Morgan fingerprint density at radius 3 is 2.32 bits per heavy atom. The van der Waals surface area contributed by atoms with E-state index < -0.39 is 15.6 Å². The van der Waals surface area contributed by atoms with E-state index in [2.05, 4.69) is 0 Å². The predicted octanol–water partition coefficient (Wildman–Crippen LogP) is -1.49. The van der Waals surface area contributed by atoms with Crippen molar-refractivity contribution in [2.45, 2.75) is 32.8 Å². The minimum Gasteiger partial charge on any atom is -1.00 e. The molecule has 1 aromatic carbocycles. The molecule has 1 heterocycles. The van der Waals surface area contributed by atoms with E-state index in [1.807, 2.05) is 51.1 Å². The Hall–Kier alpha value is -1.49. The molecule has 176 valence electrons. The summed E-state index contributed by atoms with van der Waals surface area (Å²) in [5, 5.41) is 0. The third-order valence-corrected chi connectivity index (χ3v) is 6.54. The second-order valence-electron chi connectivity index (χ2n) is 8.10. The number of nitrogens with zero attached hydrogens (tertiary/aromatic N) is 1. The van der Waals surface area contributed by atoms with E-state index in [0.29, 0.717) is 18.0 Å². The maximum atomic E-state index is 13.3. The van der Waals surface area contributed by atoms with Crippen LogP contribution in [0.2, 0.25) is 0 Å². The fourth-order valence-electron chi connectivity index (χ4n) is 3.04. The smallest absolute Gasteiger partial charge is 0.514 e. The molecule has 2 rings (SSSR count). The highest BCUT2D eigenvalue weighted by Gasteiger charge is 2.36. The van der Waals surface area contributed by atoms with E-state index in [1.165, 1.54) is 11.4 Å². The average Bonchev–Trinajstić information content (AvgIpc) is 2.70. The first-order chi connectivity index (χ1) is 14.1. The number of hydrogen-bond donors (Lipinski definition) is 1. The van der Waals surface area contributed by atoms with Crippen molar-refractivity contribution in [3.63, 3.8) is 0 Å². The third-order valence-electron chi connectivity index (χ3n) is 4.51. The molecule has 0 saturated carbocycles. The molecule has 1 fully saturated rings. The number of ether oxygens (including phenoxy) is 3. The molecule has 0 bridgehead atoms. The number of halogens is 1. The number of alkyl carbamates (subject to hydrolysis) is 2. The van der Waals surface area contributed by atoms with Gasteiger partial charge in [0.05, 0.1) is 24.6 Å². The van der Waals surface area contributed by atoms with E-state index in [0.717, 1.165) is 5.56 Å². The van der Waals surface area contributed by atoms with Crippen LogP contribution in [-0.4, -0.2) is 71.1 Å². The first-order valence-corrected chi connectivity index (χ1v) is 11.5. The number of piperazine rings is 1. The molecule has 0 unspecified atom stereocenters. The lowest BCUT2D eigenvalue weighted by atomic mass is 10.2. The van der Waals surface area contributed by atoms with Gasteiger partial charge in [0.2, 0.25) is 10.0 Å². The van der Waals surface area contributed by atoms with Crippen LogP contribution in [0.4, 0.5) is 4.79 Å². The van der Waals surface area contributed by atoms with Gasteiger partial charge in [0, 0.05) is 13.5 Å². The van der Waals surface area contributed by atoms with Crippen LogP contribution in [0.1, 0.15) is 32.8 Å². The van der Waals surface area contributed by atoms with Crippen LogP contribution in [0.5, 0.6) is 0 Å². The van der Waals surface area contributed by atoms with Crippen molar-refractivity contribution in [1.29, 1.82) is 0 Å². The summed E-state index contributed by atoms with van der Waals surface area (Å²) in [6, 6.07) is 9.32. The van der Waals surface area contributed by atoms with E-state index in [4.69, 9.17) is 14.2 Å². The molecule has 1 aromatic rings. The second-order valence-corrected chi connectivity index (χ2v) is 10.1. The summed E-state index contributed by atoms with van der Waals surface area (Å²) < 4.78 is 43.6. The highest BCUT2D eigenvalue weighted by Crippen LogP contribution is 2.21. The summed E-state index contributed by atoms with van der Waals surface area (Å²) in [4.78, 5) is 13.2. The number of carbonyl (C=O) groups is 1. The quantitative estimate of drug-likeness (QED) is 0.363. The minimum absolute atomic E-state index is 0. The molecule has 8 nitrogen and oxygen atoms in total. The summed E-state index contributed by atoms with van der Waals surface area (Å²) in [6.07, 6.45) is 1.57. The molecular weight excluding hydrogens is 444 g/mol. The van der Waals surface area contributed by atoms with Crippen LogP contribution < -0.4 is 17.3 Å². The highest BCUT2D eigenvalue weighted by atomic mass is 35.5. The highest BCUT2D eigenvalue weighted by molar-refractivity contribution is 7.93. The molecule has 0 spiro atoms. The summed E-state index contributed by atoms with van der Waals surface area (Å²) in [7, 11) is -2.17. The lowest BCUT2D eigenvalue weighted by Gasteiger charge is -2.31. The molecule has 0 aromatic heterocycles. The summed E-state index contributed by atoms with van der Waals surface area (Å²) in [6.45, 7) is 7.03. The predicted molar refractivity (Wildman–Crippen MR) is 114 cm³/mol. The number of carbonyl (C=O) groups excluding carboxylic acids is 1. The van der Waals surface area contributed by atoms with Gasteiger partial charge in [-0.2, -0.15) is 9.10 Å². The molecule has 1 amide bonds. The van der Waals surface area contributed by atoms with Crippen molar-refractivity contribution < 1.29 is 44.7 Å². The molecule has 0 radical (unpaired) electrons. The van der Waals surface area contributed by atoms with Crippen molar-refractivity contribution in [3.05, 3.63) is 40.8 Å².